The van der Waals surface area contributed by atoms with Crippen LogP contribution >= 0.6 is 11.6 Å². The zero-order valence-electron chi connectivity index (χ0n) is 15.7. The second kappa shape index (κ2) is 9.37. The van der Waals surface area contributed by atoms with Crippen molar-refractivity contribution < 1.29 is 27.8 Å². The first-order valence-electron chi connectivity index (χ1n) is 8.72. The van der Waals surface area contributed by atoms with Gasteiger partial charge in [0, 0.05) is 11.6 Å². The second-order valence-corrected chi connectivity index (χ2v) is 6.39. The van der Waals surface area contributed by atoms with Gasteiger partial charge in [-0.05, 0) is 30.3 Å². The van der Waals surface area contributed by atoms with Gasteiger partial charge in [0.1, 0.15) is 24.7 Å². The first-order valence-corrected chi connectivity index (χ1v) is 9.09. The van der Waals surface area contributed by atoms with Crippen molar-refractivity contribution in [3.63, 3.8) is 0 Å². The summed E-state index contributed by atoms with van der Waals surface area (Å²) in [7, 11) is 0. The Balaban J connectivity index is 1.97. The average molecular weight is 432 g/mol. The van der Waals surface area contributed by atoms with Gasteiger partial charge in [0.25, 0.3) is 0 Å². The predicted molar refractivity (Wildman–Crippen MR) is 110 cm³/mol. The van der Waals surface area contributed by atoms with E-state index in [1.54, 1.807) is 30.4 Å². The monoisotopic (exact) mass is 431 g/mol. The third-order valence-corrected chi connectivity index (χ3v) is 4.18. The average Bonchev–Trinajstić information content (AvgIpc) is 3.08. The highest BCUT2D eigenvalue weighted by atomic mass is 35.5. The van der Waals surface area contributed by atoms with Crippen molar-refractivity contribution in [1.29, 1.82) is 0 Å². The number of cyclic esters (lactones) is 1. The highest BCUT2D eigenvalue weighted by Gasteiger charge is 2.27. The third-order valence-electron chi connectivity index (χ3n) is 3.86. The summed E-state index contributed by atoms with van der Waals surface area (Å²) in [4.78, 5) is 16.3. The van der Waals surface area contributed by atoms with Crippen LogP contribution in [-0.4, -0.2) is 25.1 Å². The SMILES string of the molecule is C=CCOc1ccc(/C=C2/N=C(c3cc(F)c(F)cc3Cl)OC2=O)c(OCC=C)c1. The number of aliphatic imine (C=N–C) groups is 1. The lowest BCUT2D eigenvalue weighted by molar-refractivity contribution is -0.129. The van der Waals surface area contributed by atoms with Gasteiger partial charge in [-0.25, -0.2) is 18.6 Å². The van der Waals surface area contributed by atoms with Crippen molar-refractivity contribution in [3.05, 3.63) is 89.1 Å². The van der Waals surface area contributed by atoms with Crippen molar-refractivity contribution in [2.24, 2.45) is 4.99 Å². The van der Waals surface area contributed by atoms with E-state index in [0.717, 1.165) is 12.1 Å². The first-order chi connectivity index (χ1) is 14.4. The van der Waals surface area contributed by atoms with Crippen LogP contribution in [0.3, 0.4) is 0 Å². The van der Waals surface area contributed by atoms with Gasteiger partial charge in [-0.1, -0.05) is 36.9 Å². The third kappa shape index (κ3) is 4.75. The summed E-state index contributed by atoms with van der Waals surface area (Å²) < 4.78 is 43.1. The Bertz CT molecular complexity index is 1080. The molecule has 2 aromatic carbocycles. The number of carbonyl (C=O) groups excluding carboxylic acids is 1. The van der Waals surface area contributed by atoms with Crippen LogP contribution in [0.5, 0.6) is 11.5 Å². The van der Waals surface area contributed by atoms with Crippen LogP contribution in [0.2, 0.25) is 5.02 Å². The van der Waals surface area contributed by atoms with E-state index in [9.17, 15) is 13.6 Å². The maximum absolute atomic E-state index is 13.6. The van der Waals surface area contributed by atoms with Gasteiger partial charge in [0.05, 0.1) is 10.6 Å². The Morgan fingerprint density at radius 3 is 2.50 bits per heavy atom. The van der Waals surface area contributed by atoms with E-state index in [2.05, 4.69) is 18.2 Å². The number of hydrogen-bond donors (Lipinski definition) is 0. The molecule has 0 saturated heterocycles. The number of rotatable bonds is 8. The molecule has 1 aliphatic rings. The van der Waals surface area contributed by atoms with Crippen LogP contribution in [0.1, 0.15) is 11.1 Å². The number of nitrogens with zero attached hydrogens (tertiary/aromatic N) is 1. The molecule has 8 heteroatoms. The van der Waals surface area contributed by atoms with Gasteiger partial charge in [0.15, 0.2) is 17.3 Å². The van der Waals surface area contributed by atoms with Crippen molar-refractivity contribution in [2.45, 2.75) is 0 Å². The first kappa shape index (κ1) is 21.3. The zero-order valence-corrected chi connectivity index (χ0v) is 16.4. The number of ether oxygens (including phenoxy) is 3. The lowest BCUT2D eigenvalue weighted by atomic mass is 10.1. The molecule has 0 saturated carbocycles. The molecule has 30 heavy (non-hydrogen) atoms. The van der Waals surface area contributed by atoms with Gasteiger partial charge in [-0.3, -0.25) is 0 Å². The molecular formula is C22H16ClF2NO4. The van der Waals surface area contributed by atoms with E-state index < -0.39 is 17.6 Å². The van der Waals surface area contributed by atoms with E-state index in [-0.39, 0.29) is 28.8 Å². The molecule has 0 fully saturated rings. The Morgan fingerprint density at radius 1 is 1.07 bits per heavy atom. The highest BCUT2D eigenvalue weighted by Crippen LogP contribution is 2.30. The summed E-state index contributed by atoms with van der Waals surface area (Å²) >= 11 is 5.93. The standard InChI is InChI=1S/C22H16ClF2NO4/c1-3-7-28-14-6-5-13(20(10-14)29-8-4-2)9-19-22(27)30-21(26-19)15-11-17(24)18(25)12-16(15)23/h3-6,9-12H,1-2,7-8H2/b19-9+. The fourth-order valence-corrected chi connectivity index (χ4v) is 2.74. The summed E-state index contributed by atoms with van der Waals surface area (Å²) in [5.41, 5.74) is 0.425. The van der Waals surface area contributed by atoms with Crippen molar-refractivity contribution in [1.82, 2.24) is 0 Å². The maximum Gasteiger partial charge on any atom is 0.363 e. The second-order valence-electron chi connectivity index (χ2n) is 5.98. The number of halogens is 3. The zero-order chi connectivity index (χ0) is 21.7. The van der Waals surface area contributed by atoms with Gasteiger partial charge in [-0.2, -0.15) is 0 Å². The normalized spacial score (nSPS) is 14.3. The molecule has 0 amide bonds. The van der Waals surface area contributed by atoms with Crippen LogP contribution in [0.25, 0.3) is 6.08 Å². The molecular weight excluding hydrogens is 416 g/mol. The fourth-order valence-electron chi connectivity index (χ4n) is 2.51. The van der Waals surface area contributed by atoms with E-state index in [0.29, 0.717) is 23.7 Å². The molecule has 3 rings (SSSR count). The lowest BCUT2D eigenvalue weighted by Crippen LogP contribution is -2.07. The molecule has 5 nitrogen and oxygen atoms in total. The predicted octanol–water partition coefficient (Wildman–Crippen LogP) is 5.09. The van der Waals surface area contributed by atoms with Crippen LogP contribution in [0.4, 0.5) is 8.78 Å². The van der Waals surface area contributed by atoms with Gasteiger partial charge < -0.3 is 14.2 Å². The number of benzene rings is 2. The Kier molecular flexibility index (Phi) is 6.64. The summed E-state index contributed by atoms with van der Waals surface area (Å²) in [6, 6.07) is 6.62. The molecule has 0 bridgehead atoms. The van der Waals surface area contributed by atoms with Gasteiger partial charge in [-0.15, -0.1) is 0 Å². The van der Waals surface area contributed by atoms with E-state index in [1.165, 1.54) is 6.08 Å². The van der Waals surface area contributed by atoms with E-state index in [4.69, 9.17) is 25.8 Å². The van der Waals surface area contributed by atoms with Crippen LogP contribution in [0, 0.1) is 11.6 Å². The molecule has 0 atom stereocenters. The highest BCUT2D eigenvalue weighted by molar-refractivity contribution is 6.34. The number of hydrogen-bond acceptors (Lipinski definition) is 5. The van der Waals surface area contributed by atoms with Crippen molar-refractivity contribution in [3.8, 4) is 11.5 Å². The summed E-state index contributed by atoms with van der Waals surface area (Å²) in [5.74, 6) is -2.29. The van der Waals surface area contributed by atoms with Gasteiger partial charge >= 0.3 is 5.97 Å². The minimum Gasteiger partial charge on any atom is -0.489 e. The lowest BCUT2D eigenvalue weighted by Gasteiger charge is -2.10. The minimum absolute atomic E-state index is 0.0383. The fraction of sp³-hybridized carbons (Fsp3) is 0.0909. The largest absolute Gasteiger partial charge is 0.489 e. The van der Waals surface area contributed by atoms with E-state index >= 15 is 0 Å². The molecule has 0 spiro atoms. The summed E-state index contributed by atoms with van der Waals surface area (Å²) in [6.45, 7) is 7.74. The molecule has 0 unspecified atom stereocenters. The molecule has 154 valence electrons. The van der Waals surface area contributed by atoms with Crippen molar-refractivity contribution >= 4 is 29.5 Å². The summed E-state index contributed by atoms with van der Waals surface area (Å²) in [6.07, 6.45) is 4.62. The smallest absolute Gasteiger partial charge is 0.363 e. The molecule has 1 aliphatic heterocycles. The topological polar surface area (TPSA) is 57.1 Å². The molecule has 0 aliphatic carbocycles. The molecule has 2 aromatic rings. The van der Waals surface area contributed by atoms with Crippen LogP contribution in [-0.2, 0) is 9.53 Å². The number of carbonyl (C=O) groups is 1. The Labute approximate surface area is 176 Å². The minimum atomic E-state index is -1.14. The molecule has 1 heterocycles. The van der Waals surface area contributed by atoms with Gasteiger partial charge in [0.2, 0.25) is 5.90 Å². The Hall–Kier alpha value is -3.45. The summed E-state index contributed by atoms with van der Waals surface area (Å²) in [5, 5.41) is -0.138. The molecule has 0 radical (unpaired) electrons. The molecule has 0 N–H and O–H groups in total. The maximum atomic E-state index is 13.6. The molecule has 0 aromatic heterocycles. The van der Waals surface area contributed by atoms with Crippen molar-refractivity contribution in [2.75, 3.05) is 13.2 Å². The van der Waals surface area contributed by atoms with Crippen LogP contribution < -0.4 is 9.47 Å². The van der Waals surface area contributed by atoms with E-state index in [1.807, 2.05) is 0 Å². The van der Waals surface area contributed by atoms with Crippen LogP contribution in [0.15, 0.2) is 66.3 Å². The number of esters is 1. The quantitative estimate of drug-likeness (QED) is 0.253. The Morgan fingerprint density at radius 2 is 1.77 bits per heavy atom.